The van der Waals surface area contributed by atoms with Crippen molar-refractivity contribution in [3.05, 3.63) is 76.2 Å². The number of alkyl halides is 3. The number of amides is 3. The molecule has 2 atom stereocenters. The number of anilines is 1. The predicted octanol–water partition coefficient (Wildman–Crippen LogP) is 3.74. The van der Waals surface area contributed by atoms with Crippen LogP contribution in [0, 0.1) is 0 Å². The van der Waals surface area contributed by atoms with Gasteiger partial charge in [-0.3, -0.25) is 9.48 Å². The summed E-state index contributed by atoms with van der Waals surface area (Å²) in [5.41, 5.74) is 7.40. The second-order valence-electron chi connectivity index (χ2n) is 10.4. The third kappa shape index (κ3) is 4.79. The lowest BCUT2D eigenvalue weighted by molar-refractivity contribution is -0.141. The molecule has 9 nitrogen and oxygen atoms in total. The summed E-state index contributed by atoms with van der Waals surface area (Å²) in [4.78, 5) is 33.4. The minimum absolute atomic E-state index is 0.0591. The number of nitrogens with zero attached hydrogens (tertiary/aromatic N) is 5. The molecule has 0 spiro atoms. The summed E-state index contributed by atoms with van der Waals surface area (Å²) in [6.07, 6.45) is 1.07. The minimum Gasteiger partial charge on any atom is -0.383 e. The van der Waals surface area contributed by atoms with Crippen LogP contribution in [-0.2, 0) is 25.7 Å². The lowest BCUT2D eigenvalue weighted by Crippen LogP contribution is -2.31. The number of halogens is 3. The highest BCUT2D eigenvalue weighted by Crippen LogP contribution is 2.35. The zero-order valence-corrected chi connectivity index (χ0v) is 21.1. The van der Waals surface area contributed by atoms with Gasteiger partial charge in [-0.15, -0.1) is 0 Å². The Morgan fingerprint density at radius 2 is 1.85 bits per heavy atom. The molecule has 204 valence electrons. The molecule has 4 heterocycles. The van der Waals surface area contributed by atoms with Gasteiger partial charge in [-0.05, 0) is 54.0 Å². The maximum absolute atomic E-state index is 13.8. The number of benzene rings is 1. The molecule has 2 aromatic heterocycles. The van der Waals surface area contributed by atoms with E-state index in [1.54, 1.807) is 18.2 Å². The largest absolute Gasteiger partial charge is 0.435 e. The highest BCUT2D eigenvalue weighted by Gasteiger charge is 2.41. The van der Waals surface area contributed by atoms with Gasteiger partial charge in [-0.1, -0.05) is 24.3 Å². The van der Waals surface area contributed by atoms with Gasteiger partial charge in [0.05, 0.1) is 24.2 Å². The summed E-state index contributed by atoms with van der Waals surface area (Å²) in [6, 6.07) is 8.98. The van der Waals surface area contributed by atoms with Gasteiger partial charge in [0.25, 0.3) is 5.91 Å². The first-order chi connectivity index (χ1) is 18.7. The average Bonchev–Trinajstić information content (AvgIpc) is 3.67. The van der Waals surface area contributed by atoms with Crippen LogP contribution in [-0.4, -0.2) is 55.6 Å². The van der Waals surface area contributed by atoms with E-state index in [9.17, 15) is 22.8 Å². The molecule has 0 bridgehead atoms. The summed E-state index contributed by atoms with van der Waals surface area (Å²) in [5, 5.41) is 6.44. The number of nitrogens with one attached hydrogen (secondary N) is 1. The van der Waals surface area contributed by atoms with E-state index in [0.29, 0.717) is 31.2 Å². The summed E-state index contributed by atoms with van der Waals surface area (Å²) in [7, 11) is 0. The van der Waals surface area contributed by atoms with Crippen LogP contribution in [0.15, 0.2) is 42.7 Å². The number of pyridine rings is 1. The standard InChI is InChI=1S/C27H28F3N7O2/c28-27(29,30)23-21(25(38)33-22-8-7-20-19(22)9-10-32-24(20)31)15-36(34-23)13-17-5-3-16(4-6-17)12-35-14-18-2-1-11-37(18)26(35)39/h3-6,9-10,15,18,22H,1-2,7-8,11-14H2,(H2,31,32)(H,33,38)/t18?,22-/m1/s1. The van der Waals surface area contributed by atoms with Gasteiger partial charge >= 0.3 is 12.2 Å². The normalized spacial score (nSPS) is 20.4. The van der Waals surface area contributed by atoms with Crippen molar-refractivity contribution in [1.29, 1.82) is 0 Å². The molecule has 2 saturated heterocycles. The van der Waals surface area contributed by atoms with Crippen molar-refractivity contribution in [2.45, 2.75) is 57.0 Å². The fourth-order valence-corrected chi connectivity index (χ4v) is 5.91. The molecule has 1 unspecified atom stereocenters. The summed E-state index contributed by atoms with van der Waals surface area (Å²) in [5.74, 6) is -0.473. The van der Waals surface area contributed by atoms with Crippen molar-refractivity contribution in [1.82, 2.24) is 29.9 Å². The molecule has 2 fully saturated rings. The Morgan fingerprint density at radius 3 is 2.56 bits per heavy atom. The molecular formula is C27H28F3N7O2. The Hall–Kier alpha value is -4.09. The van der Waals surface area contributed by atoms with Gasteiger partial charge in [0.2, 0.25) is 0 Å². The molecule has 3 aromatic rings. The first-order valence-corrected chi connectivity index (χ1v) is 13.0. The van der Waals surface area contributed by atoms with Crippen LogP contribution in [0.25, 0.3) is 0 Å². The Morgan fingerprint density at radius 1 is 1.10 bits per heavy atom. The molecule has 12 heteroatoms. The zero-order valence-electron chi connectivity index (χ0n) is 21.1. The number of nitrogens with two attached hydrogens (primary N) is 1. The molecule has 6 rings (SSSR count). The Kier molecular flexibility index (Phi) is 6.19. The van der Waals surface area contributed by atoms with Gasteiger partial charge in [0.15, 0.2) is 5.69 Å². The number of fused-ring (bicyclic) bond motifs is 2. The quantitative estimate of drug-likeness (QED) is 0.496. The van der Waals surface area contributed by atoms with Gasteiger partial charge in [0, 0.05) is 32.0 Å². The molecule has 3 aliphatic rings. The highest BCUT2D eigenvalue weighted by molar-refractivity contribution is 5.95. The van der Waals surface area contributed by atoms with E-state index in [-0.39, 0.29) is 12.6 Å². The van der Waals surface area contributed by atoms with Gasteiger partial charge in [0.1, 0.15) is 5.82 Å². The number of carbonyl (C=O) groups excluding carboxylic acids is 2. The fraction of sp³-hybridized carbons (Fsp3) is 0.407. The van der Waals surface area contributed by atoms with E-state index in [0.717, 1.165) is 59.1 Å². The first kappa shape index (κ1) is 25.2. The second kappa shape index (κ2) is 9.58. The van der Waals surface area contributed by atoms with E-state index in [1.165, 1.54) is 6.20 Å². The second-order valence-corrected chi connectivity index (χ2v) is 10.4. The van der Waals surface area contributed by atoms with E-state index in [2.05, 4.69) is 15.4 Å². The first-order valence-electron chi connectivity index (χ1n) is 13.0. The maximum atomic E-state index is 13.8. The molecule has 0 radical (unpaired) electrons. The van der Waals surface area contributed by atoms with Crippen molar-refractivity contribution >= 4 is 17.8 Å². The monoisotopic (exact) mass is 539 g/mol. The molecule has 1 aliphatic carbocycles. The third-order valence-electron chi connectivity index (χ3n) is 7.83. The van der Waals surface area contributed by atoms with Gasteiger partial charge in [-0.25, -0.2) is 9.78 Å². The van der Waals surface area contributed by atoms with Crippen LogP contribution >= 0.6 is 0 Å². The Bertz CT molecular complexity index is 1420. The smallest absolute Gasteiger partial charge is 0.383 e. The molecule has 2 aliphatic heterocycles. The van der Waals surface area contributed by atoms with Gasteiger partial charge < -0.3 is 20.9 Å². The molecular weight excluding hydrogens is 511 g/mol. The van der Waals surface area contributed by atoms with E-state index in [1.807, 2.05) is 21.9 Å². The van der Waals surface area contributed by atoms with Crippen molar-refractivity contribution in [3.8, 4) is 0 Å². The fourth-order valence-electron chi connectivity index (χ4n) is 5.91. The average molecular weight is 540 g/mol. The van der Waals surface area contributed by atoms with Crippen molar-refractivity contribution in [3.63, 3.8) is 0 Å². The van der Waals surface area contributed by atoms with E-state index >= 15 is 0 Å². The minimum atomic E-state index is -4.79. The zero-order chi connectivity index (χ0) is 27.3. The number of carbonyl (C=O) groups is 2. The number of aromatic nitrogens is 3. The van der Waals surface area contributed by atoms with E-state index in [4.69, 9.17) is 5.73 Å². The Labute approximate surface area is 222 Å². The van der Waals surface area contributed by atoms with Crippen molar-refractivity contribution < 1.29 is 22.8 Å². The number of nitrogen functional groups attached to an aromatic ring is 1. The van der Waals surface area contributed by atoms with Gasteiger partial charge in [-0.2, -0.15) is 18.3 Å². The SMILES string of the molecule is Nc1nccc2c1CC[C@H]2NC(=O)c1cn(Cc2ccc(CN3CC4CCCN4C3=O)cc2)nc1C(F)(F)F. The van der Waals surface area contributed by atoms with Crippen LogP contribution in [0.4, 0.5) is 23.8 Å². The number of hydrogen-bond acceptors (Lipinski definition) is 5. The molecule has 1 aromatic carbocycles. The summed E-state index contributed by atoms with van der Waals surface area (Å²) >= 11 is 0. The topological polar surface area (TPSA) is 109 Å². The predicted molar refractivity (Wildman–Crippen MR) is 135 cm³/mol. The Balaban J connectivity index is 1.15. The summed E-state index contributed by atoms with van der Waals surface area (Å²) < 4.78 is 42.6. The number of rotatable bonds is 6. The number of urea groups is 1. The lowest BCUT2D eigenvalue weighted by Gasteiger charge is -2.17. The van der Waals surface area contributed by atoms with Crippen LogP contribution < -0.4 is 11.1 Å². The lowest BCUT2D eigenvalue weighted by atomic mass is 10.1. The summed E-state index contributed by atoms with van der Waals surface area (Å²) in [6.45, 7) is 2.07. The van der Waals surface area contributed by atoms with Crippen LogP contribution in [0.2, 0.25) is 0 Å². The van der Waals surface area contributed by atoms with Crippen LogP contribution in [0.3, 0.4) is 0 Å². The molecule has 3 amide bonds. The van der Waals surface area contributed by atoms with E-state index < -0.39 is 29.4 Å². The highest BCUT2D eigenvalue weighted by atomic mass is 19.4. The molecule has 39 heavy (non-hydrogen) atoms. The molecule has 0 saturated carbocycles. The number of hydrogen-bond donors (Lipinski definition) is 2. The van der Waals surface area contributed by atoms with Crippen molar-refractivity contribution in [2.75, 3.05) is 18.8 Å². The third-order valence-corrected chi connectivity index (χ3v) is 7.83. The van der Waals surface area contributed by atoms with Crippen LogP contribution in [0.5, 0.6) is 0 Å². The molecule has 3 N–H and O–H groups in total. The maximum Gasteiger partial charge on any atom is 0.435 e. The van der Waals surface area contributed by atoms with Crippen LogP contribution in [0.1, 0.15) is 63.6 Å². The van der Waals surface area contributed by atoms with Crippen molar-refractivity contribution in [2.24, 2.45) is 0 Å².